The minimum atomic E-state index is 0.249. The molecular formula is C9H15N3OS. The van der Waals surface area contributed by atoms with Crippen LogP contribution in [-0.2, 0) is 4.74 Å². The highest BCUT2D eigenvalue weighted by Crippen LogP contribution is 2.18. The van der Waals surface area contributed by atoms with Crippen LogP contribution in [0.4, 0.5) is 5.13 Å². The van der Waals surface area contributed by atoms with E-state index in [2.05, 4.69) is 15.6 Å². The molecule has 0 radical (unpaired) electrons. The summed E-state index contributed by atoms with van der Waals surface area (Å²) in [6.07, 6.45) is 0.249. The van der Waals surface area contributed by atoms with Gasteiger partial charge < -0.3 is 15.4 Å². The monoisotopic (exact) mass is 213 g/mol. The standard InChI is InChI=1S/C9H15N3OS/c1-6-5-14-9(11-6)12-7-3-10-4-8(7)13-2/h5,7-8,10H,3-4H2,1-2H3,(H,11,12). The number of methoxy groups -OCH3 is 1. The number of aromatic nitrogens is 1. The van der Waals surface area contributed by atoms with Gasteiger partial charge in [0.1, 0.15) is 0 Å². The number of nitrogens with one attached hydrogen (secondary N) is 2. The molecule has 0 bridgehead atoms. The van der Waals surface area contributed by atoms with Crippen molar-refractivity contribution in [1.82, 2.24) is 10.3 Å². The summed E-state index contributed by atoms with van der Waals surface area (Å²) in [5.41, 5.74) is 1.07. The summed E-state index contributed by atoms with van der Waals surface area (Å²) in [5, 5.41) is 9.70. The third kappa shape index (κ3) is 2.05. The zero-order valence-corrected chi connectivity index (χ0v) is 9.23. The molecule has 1 aromatic rings. The zero-order chi connectivity index (χ0) is 9.97. The highest BCUT2D eigenvalue weighted by molar-refractivity contribution is 7.13. The summed E-state index contributed by atoms with van der Waals surface area (Å²) < 4.78 is 5.35. The average molecular weight is 213 g/mol. The fourth-order valence-corrected chi connectivity index (χ4v) is 2.38. The first-order valence-electron chi connectivity index (χ1n) is 4.72. The molecule has 14 heavy (non-hydrogen) atoms. The summed E-state index contributed by atoms with van der Waals surface area (Å²) in [7, 11) is 1.75. The van der Waals surface area contributed by atoms with Crippen LogP contribution in [0.1, 0.15) is 5.69 Å². The highest BCUT2D eigenvalue weighted by atomic mass is 32.1. The molecule has 2 heterocycles. The summed E-state index contributed by atoms with van der Waals surface area (Å²) in [4.78, 5) is 4.37. The Morgan fingerprint density at radius 1 is 1.64 bits per heavy atom. The van der Waals surface area contributed by atoms with Crippen LogP contribution < -0.4 is 10.6 Å². The smallest absolute Gasteiger partial charge is 0.183 e. The number of hydrogen-bond donors (Lipinski definition) is 2. The van der Waals surface area contributed by atoms with E-state index in [1.54, 1.807) is 18.4 Å². The lowest BCUT2D eigenvalue weighted by Crippen LogP contribution is -2.33. The molecule has 2 N–H and O–H groups in total. The van der Waals surface area contributed by atoms with E-state index in [9.17, 15) is 0 Å². The molecule has 78 valence electrons. The molecule has 0 spiro atoms. The SMILES string of the molecule is COC1CNCC1Nc1nc(C)cs1. The van der Waals surface area contributed by atoms with E-state index in [1.807, 2.05) is 12.3 Å². The van der Waals surface area contributed by atoms with Crippen molar-refractivity contribution < 1.29 is 4.74 Å². The highest BCUT2D eigenvalue weighted by Gasteiger charge is 2.27. The number of thiazole rings is 1. The summed E-state index contributed by atoms with van der Waals surface area (Å²) in [5.74, 6) is 0. The number of nitrogens with zero attached hydrogens (tertiary/aromatic N) is 1. The minimum absolute atomic E-state index is 0.249. The van der Waals surface area contributed by atoms with Crippen molar-refractivity contribution in [2.75, 3.05) is 25.5 Å². The predicted octanol–water partition coefficient (Wildman–Crippen LogP) is 0.850. The van der Waals surface area contributed by atoms with Crippen molar-refractivity contribution in [2.45, 2.75) is 19.1 Å². The van der Waals surface area contributed by atoms with E-state index in [0.717, 1.165) is 23.9 Å². The van der Waals surface area contributed by atoms with Crippen LogP contribution in [0.25, 0.3) is 0 Å². The molecule has 1 saturated heterocycles. The van der Waals surface area contributed by atoms with Gasteiger partial charge in [-0.25, -0.2) is 4.98 Å². The van der Waals surface area contributed by atoms with Gasteiger partial charge in [-0.05, 0) is 6.92 Å². The third-order valence-electron chi connectivity index (χ3n) is 2.39. The second-order valence-corrected chi connectivity index (χ2v) is 4.34. The van der Waals surface area contributed by atoms with Gasteiger partial charge in [0, 0.05) is 25.6 Å². The molecule has 5 heteroatoms. The van der Waals surface area contributed by atoms with E-state index in [0.29, 0.717) is 6.04 Å². The first-order valence-corrected chi connectivity index (χ1v) is 5.59. The lowest BCUT2D eigenvalue weighted by atomic mass is 10.2. The van der Waals surface area contributed by atoms with Crippen LogP contribution in [0.3, 0.4) is 0 Å². The van der Waals surface area contributed by atoms with Crippen LogP contribution in [0.15, 0.2) is 5.38 Å². The molecule has 0 aliphatic carbocycles. The number of hydrogen-bond acceptors (Lipinski definition) is 5. The molecule has 2 unspecified atom stereocenters. The van der Waals surface area contributed by atoms with Gasteiger partial charge in [-0.3, -0.25) is 0 Å². The van der Waals surface area contributed by atoms with Crippen LogP contribution >= 0.6 is 11.3 Å². The fraction of sp³-hybridized carbons (Fsp3) is 0.667. The Hall–Kier alpha value is -0.650. The summed E-state index contributed by atoms with van der Waals surface area (Å²) in [6, 6.07) is 0.338. The molecule has 1 aromatic heterocycles. The molecule has 0 amide bonds. The predicted molar refractivity (Wildman–Crippen MR) is 57.9 cm³/mol. The Balaban J connectivity index is 1.96. The van der Waals surface area contributed by atoms with Gasteiger partial charge in [-0.15, -0.1) is 11.3 Å². The Kier molecular flexibility index (Phi) is 3.00. The number of rotatable bonds is 3. The van der Waals surface area contributed by atoms with E-state index in [4.69, 9.17) is 4.74 Å². The van der Waals surface area contributed by atoms with Crippen LogP contribution in [-0.4, -0.2) is 37.3 Å². The number of anilines is 1. The van der Waals surface area contributed by atoms with Crippen LogP contribution in [0.2, 0.25) is 0 Å². The van der Waals surface area contributed by atoms with Crippen LogP contribution in [0.5, 0.6) is 0 Å². The maximum absolute atomic E-state index is 5.35. The van der Waals surface area contributed by atoms with E-state index >= 15 is 0 Å². The summed E-state index contributed by atoms with van der Waals surface area (Å²) >= 11 is 1.64. The molecule has 4 nitrogen and oxygen atoms in total. The Bertz CT molecular complexity index is 302. The quantitative estimate of drug-likeness (QED) is 0.781. The molecule has 1 fully saturated rings. The first-order chi connectivity index (χ1) is 6.79. The second kappa shape index (κ2) is 4.25. The average Bonchev–Trinajstić information content (AvgIpc) is 2.76. The molecular weight excluding hydrogens is 198 g/mol. The molecule has 0 aromatic carbocycles. The van der Waals surface area contributed by atoms with Crippen molar-refractivity contribution in [2.24, 2.45) is 0 Å². The maximum Gasteiger partial charge on any atom is 0.183 e. The van der Waals surface area contributed by atoms with Crippen molar-refractivity contribution >= 4 is 16.5 Å². The first kappa shape index (κ1) is 9.89. The Morgan fingerprint density at radius 3 is 3.14 bits per heavy atom. The van der Waals surface area contributed by atoms with Crippen molar-refractivity contribution in [3.63, 3.8) is 0 Å². The molecule has 1 aliphatic rings. The Morgan fingerprint density at radius 2 is 2.50 bits per heavy atom. The van der Waals surface area contributed by atoms with Crippen molar-refractivity contribution in [1.29, 1.82) is 0 Å². The lowest BCUT2D eigenvalue weighted by Gasteiger charge is -2.17. The van der Waals surface area contributed by atoms with Gasteiger partial charge >= 0.3 is 0 Å². The zero-order valence-electron chi connectivity index (χ0n) is 8.41. The van der Waals surface area contributed by atoms with E-state index < -0.39 is 0 Å². The fourth-order valence-electron chi connectivity index (χ4n) is 1.63. The largest absolute Gasteiger partial charge is 0.378 e. The summed E-state index contributed by atoms with van der Waals surface area (Å²) in [6.45, 7) is 3.86. The topological polar surface area (TPSA) is 46.2 Å². The number of aryl methyl sites for hydroxylation is 1. The number of ether oxygens (including phenoxy) is 1. The van der Waals surface area contributed by atoms with Gasteiger partial charge in [-0.1, -0.05) is 0 Å². The van der Waals surface area contributed by atoms with E-state index in [-0.39, 0.29) is 6.10 Å². The van der Waals surface area contributed by atoms with Gasteiger partial charge in [0.15, 0.2) is 5.13 Å². The van der Waals surface area contributed by atoms with Gasteiger partial charge in [0.25, 0.3) is 0 Å². The molecule has 2 rings (SSSR count). The van der Waals surface area contributed by atoms with Gasteiger partial charge in [0.2, 0.25) is 0 Å². The third-order valence-corrected chi connectivity index (χ3v) is 3.28. The van der Waals surface area contributed by atoms with Crippen molar-refractivity contribution in [3.8, 4) is 0 Å². The van der Waals surface area contributed by atoms with Gasteiger partial charge in [0.05, 0.1) is 17.8 Å². The molecule has 2 atom stereocenters. The second-order valence-electron chi connectivity index (χ2n) is 3.48. The lowest BCUT2D eigenvalue weighted by molar-refractivity contribution is 0.111. The van der Waals surface area contributed by atoms with Crippen molar-refractivity contribution in [3.05, 3.63) is 11.1 Å². The molecule has 0 saturated carbocycles. The van der Waals surface area contributed by atoms with E-state index in [1.165, 1.54) is 0 Å². The normalized spacial score (nSPS) is 26.7. The minimum Gasteiger partial charge on any atom is -0.378 e. The van der Waals surface area contributed by atoms with Crippen LogP contribution in [0, 0.1) is 6.92 Å². The molecule has 1 aliphatic heterocycles. The Labute approximate surface area is 87.7 Å². The maximum atomic E-state index is 5.35. The van der Waals surface area contributed by atoms with Gasteiger partial charge in [-0.2, -0.15) is 0 Å².